The van der Waals surface area contributed by atoms with Gasteiger partial charge in [-0.1, -0.05) is 13.3 Å². The standard InChI is InChI=1S/C18H25N5O/c1-5-6-11-19-17-12-16(20-13(2)21-17)18(24)22-14-7-9-15(10-8-14)23(3)4/h7-10,12H,5-6,11H2,1-4H3,(H,22,24)(H,19,20,21). The maximum absolute atomic E-state index is 12.4. The molecule has 0 bridgehead atoms. The Morgan fingerprint density at radius 3 is 2.50 bits per heavy atom. The minimum atomic E-state index is -0.239. The number of rotatable bonds is 7. The Bertz CT molecular complexity index is 682. The molecule has 0 aliphatic heterocycles. The van der Waals surface area contributed by atoms with E-state index in [1.807, 2.05) is 43.3 Å². The highest BCUT2D eigenvalue weighted by Gasteiger charge is 2.11. The molecule has 6 nitrogen and oxygen atoms in total. The first-order valence-corrected chi connectivity index (χ1v) is 8.18. The molecule has 6 heteroatoms. The van der Waals surface area contributed by atoms with Gasteiger partial charge in [0.2, 0.25) is 0 Å². The minimum absolute atomic E-state index is 0.239. The van der Waals surface area contributed by atoms with Gasteiger partial charge in [0, 0.05) is 38.1 Å². The molecule has 1 aromatic carbocycles. The van der Waals surface area contributed by atoms with Crippen LogP contribution in [0.1, 0.15) is 36.1 Å². The van der Waals surface area contributed by atoms with Gasteiger partial charge >= 0.3 is 0 Å². The molecular weight excluding hydrogens is 302 g/mol. The molecule has 2 N–H and O–H groups in total. The highest BCUT2D eigenvalue weighted by Crippen LogP contribution is 2.16. The second-order valence-corrected chi connectivity index (χ2v) is 5.86. The van der Waals surface area contributed by atoms with Crippen LogP contribution in [0.15, 0.2) is 30.3 Å². The normalized spacial score (nSPS) is 10.3. The van der Waals surface area contributed by atoms with Crippen molar-refractivity contribution in [3.8, 4) is 0 Å². The molecule has 0 saturated carbocycles. The first-order chi connectivity index (χ1) is 11.5. The van der Waals surface area contributed by atoms with Crippen LogP contribution in [-0.4, -0.2) is 36.5 Å². The molecule has 128 valence electrons. The zero-order valence-electron chi connectivity index (χ0n) is 14.8. The fourth-order valence-electron chi connectivity index (χ4n) is 2.21. The molecule has 24 heavy (non-hydrogen) atoms. The molecule has 0 atom stereocenters. The third-order valence-electron chi connectivity index (χ3n) is 3.55. The van der Waals surface area contributed by atoms with Gasteiger partial charge in [-0.25, -0.2) is 9.97 Å². The minimum Gasteiger partial charge on any atom is -0.378 e. The molecule has 0 unspecified atom stereocenters. The van der Waals surface area contributed by atoms with E-state index in [1.165, 1.54) is 0 Å². The average Bonchev–Trinajstić information content (AvgIpc) is 2.55. The van der Waals surface area contributed by atoms with Crippen molar-refractivity contribution in [2.45, 2.75) is 26.7 Å². The summed E-state index contributed by atoms with van der Waals surface area (Å²) in [5, 5.41) is 6.10. The number of hydrogen-bond donors (Lipinski definition) is 2. The number of hydrogen-bond acceptors (Lipinski definition) is 5. The molecule has 0 fully saturated rings. The third kappa shape index (κ3) is 4.94. The lowest BCUT2D eigenvalue weighted by atomic mass is 10.2. The van der Waals surface area contributed by atoms with Gasteiger partial charge in [0.25, 0.3) is 5.91 Å². The number of amides is 1. The molecule has 2 rings (SSSR count). The summed E-state index contributed by atoms with van der Waals surface area (Å²) in [7, 11) is 3.95. The number of nitrogens with zero attached hydrogens (tertiary/aromatic N) is 3. The Kier molecular flexibility index (Phi) is 6.12. The smallest absolute Gasteiger partial charge is 0.274 e. The van der Waals surface area contributed by atoms with E-state index in [1.54, 1.807) is 13.0 Å². The zero-order chi connectivity index (χ0) is 17.5. The lowest BCUT2D eigenvalue weighted by Gasteiger charge is -2.13. The molecular formula is C18H25N5O. The molecule has 2 aromatic rings. The monoisotopic (exact) mass is 327 g/mol. The van der Waals surface area contributed by atoms with Gasteiger partial charge in [0.05, 0.1) is 0 Å². The van der Waals surface area contributed by atoms with Crippen LogP contribution in [0.25, 0.3) is 0 Å². The number of carbonyl (C=O) groups is 1. The van der Waals surface area contributed by atoms with Crippen molar-refractivity contribution in [2.75, 3.05) is 36.2 Å². The lowest BCUT2D eigenvalue weighted by Crippen LogP contribution is -2.16. The van der Waals surface area contributed by atoms with Crippen molar-refractivity contribution in [3.63, 3.8) is 0 Å². The number of nitrogens with one attached hydrogen (secondary N) is 2. The topological polar surface area (TPSA) is 70.2 Å². The van der Waals surface area contributed by atoms with Crippen LogP contribution < -0.4 is 15.5 Å². The van der Waals surface area contributed by atoms with Gasteiger partial charge in [0.1, 0.15) is 17.3 Å². The van der Waals surface area contributed by atoms with Crippen molar-refractivity contribution in [2.24, 2.45) is 0 Å². The molecule has 0 spiro atoms. The van der Waals surface area contributed by atoms with E-state index in [9.17, 15) is 4.79 Å². The fraction of sp³-hybridized carbons (Fsp3) is 0.389. The number of benzene rings is 1. The van der Waals surface area contributed by atoms with Crippen molar-refractivity contribution >= 4 is 23.1 Å². The van der Waals surface area contributed by atoms with E-state index in [0.717, 1.165) is 30.8 Å². The van der Waals surface area contributed by atoms with E-state index in [0.29, 0.717) is 17.3 Å². The number of carbonyl (C=O) groups excluding carboxylic acids is 1. The predicted molar refractivity (Wildman–Crippen MR) is 98.9 cm³/mol. The van der Waals surface area contributed by atoms with Gasteiger partial charge in [-0.05, 0) is 37.6 Å². The summed E-state index contributed by atoms with van der Waals surface area (Å²) < 4.78 is 0. The molecule has 0 saturated heterocycles. The first-order valence-electron chi connectivity index (χ1n) is 8.18. The van der Waals surface area contributed by atoms with E-state index in [-0.39, 0.29) is 5.91 Å². The average molecular weight is 327 g/mol. The van der Waals surface area contributed by atoms with Crippen LogP contribution in [0.3, 0.4) is 0 Å². The Morgan fingerprint density at radius 1 is 1.17 bits per heavy atom. The Hall–Kier alpha value is -2.63. The van der Waals surface area contributed by atoms with Gasteiger partial charge in [0.15, 0.2) is 0 Å². The van der Waals surface area contributed by atoms with Crippen molar-refractivity contribution in [1.82, 2.24) is 9.97 Å². The summed E-state index contributed by atoms with van der Waals surface area (Å²) in [5.74, 6) is 1.02. The maximum Gasteiger partial charge on any atom is 0.274 e. The summed E-state index contributed by atoms with van der Waals surface area (Å²) in [5.41, 5.74) is 2.17. The summed E-state index contributed by atoms with van der Waals surface area (Å²) >= 11 is 0. The van der Waals surface area contributed by atoms with Crippen LogP contribution in [0, 0.1) is 6.92 Å². The summed E-state index contributed by atoms with van der Waals surface area (Å²) in [6.45, 7) is 4.75. The highest BCUT2D eigenvalue weighted by atomic mass is 16.1. The first kappa shape index (κ1) is 17.7. The quantitative estimate of drug-likeness (QED) is 0.764. The molecule has 0 aliphatic carbocycles. The Balaban J connectivity index is 2.08. The molecule has 1 heterocycles. The van der Waals surface area contributed by atoms with Crippen LogP contribution in [0.2, 0.25) is 0 Å². The number of aryl methyl sites for hydroxylation is 1. The third-order valence-corrected chi connectivity index (χ3v) is 3.55. The number of anilines is 3. The SMILES string of the molecule is CCCCNc1cc(C(=O)Nc2ccc(N(C)C)cc2)nc(C)n1. The summed E-state index contributed by atoms with van der Waals surface area (Å²) in [4.78, 5) is 23.0. The number of unbranched alkanes of at least 4 members (excludes halogenated alkanes) is 1. The van der Waals surface area contributed by atoms with Crippen molar-refractivity contribution in [3.05, 3.63) is 41.9 Å². The van der Waals surface area contributed by atoms with Gasteiger partial charge in [-0.2, -0.15) is 0 Å². The van der Waals surface area contributed by atoms with Gasteiger partial charge < -0.3 is 15.5 Å². The van der Waals surface area contributed by atoms with Gasteiger partial charge in [-0.15, -0.1) is 0 Å². The molecule has 0 aliphatic rings. The van der Waals surface area contributed by atoms with E-state index in [2.05, 4.69) is 27.5 Å². The van der Waals surface area contributed by atoms with Crippen LogP contribution in [0.4, 0.5) is 17.2 Å². The Morgan fingerprint density at radius 2 is 1.88 bits per heavy atom. The highest BCUT2D eigenvalue weighted by molar-refractivity contribution is 6.03. The second-order valence-electron chi connectivity index (χ2n) is 5.86. The second kappa shape index (κ2) is 8.29. The zero-order valence-corrected chi connectivity index (χ0v) is 14.8. The van der Waals surface area contributed by atoms with Crippen LogP contribution in [-0.2, 0) is 0 Å². The summed E-state index contributed by atoms with van der Waals surface area (Å²) in [6, 6.07) is 9.35. The maximum atomic E-state index is 12.4. The van der Waals surface area contributed by atoms with E-state index in [4.69, 9.17) is 0 Å². The molecule has 1 aromatic heterocycles. The van der Waals surface area contributed by atoms with E-state index >= 15 is 0 Å². The van der Waals surface area contributed by atoms with Crippen molar-refractivity contribution in [1.29, 1.82) is 0 Å². The van der Waals surface area contributed by atoms with Crippen molar-refractivity contribution < 1.29 is 4.79 Å². The van der Waals surface area contributed by atoms with E-state index < -0.39 is 0 Å². The predicted octanol–water partition coefficient (Wildman–Crippen LogP) is 3.32. The summed E-state index contributed by atoms with van der Waals surface area (Å²) in [6.07, 6.45) is 2.16. The van der Waals surface area contributed by atoms with Crippen LogP contribution in [0.5, 0.6) is 0 Å². The lowest BCUT2D eigenvalue weighted by molar-refractivity contribution is 0.102. The fourth-order valence-corrected chi connectivity index (χ4v) is 2.21. The van der Waals surface area contributed by atoms with Gasteiger partial charge in [-0.3, -0.25) is 4.79 Å². The molecule has 1 amide bonds. The molecule has 0 radical (unpaired) electrons. The van der Waals surface area contributed by atoms with Crippen LogP contribution >= 0.6 is 0 Å². The largest absolute Gasteiger partial charge is 0.378 e. The number of aromatic nitrogens is 2. The Labute approximate surface area is 143 Å².